The standard InChI is InChI=1S/C11H20N2O/c1-9-5-3-7-12(9)11(14)13-8-4-6-10(13)2/h9-10H,3-8H2,1-2H3/t9-,10-/m0/s1. The molecule has 2 rings (SSSR count). The summed E-state index contributed by atoms with van der Waals surface area (Å²) in [6.07, 6.45) is 4.70. The Morgan fingerprint density at radius 2 is 1.43 bits per heavy atom. The van der Waals surface area contributed by atoms with Gasteiger partial charge in [0.1, 0.15) is 0 Å². The number of hydrogen-bond acceptors (Lipinski definition) is 1. The molecule has 2 saturated heterocycles. The summed E-state index contributed by atoms with van der Waals surface area (Å²) in [5, 5.41) is 0. The molecule has 2 aliphatic rings. The van der Waals surface area contributed by atoms with Gasteiger partial charge in [0.05, 0.1) is 0 Å². The number of hydrogen-bond donors (Lipinski definition) is 0. The quantitative estimate of drug-likeness (QED) is 0.582. The number of rotatable bonds is 0. The Bertz CT molecular complexity index is 207. The van der Waals surface area contributed by atoms with Crippen molar-refractivity contribution in [2.45, 2.75) is 51.6 Å². The third-order valence-electron chi connectivity index (χ3n) is 3.60. The molecule has 0 N–H and O–H groups in total. The molecule has 0 saturated carbocycles. The van der Waals surface area contributed by atoms with Crippen molar-refractivity contribution in [1.29, 1.82) is 0 Å². The molecule has 2 fully saturated rings. The minimum Gasteiger partial charge on any atom is -0.322 e. The Labute approximate surface area is 86.1 Å². The van der Waals surface area contributed by atoms with Crippen LogP contribution >= 0.6 is 0 Å². The molecule has 0 aromatic rings. The van der Waals surface area contributed by atoms with Crippen LogP contribution in [0.3, 0.4) is 0 Å². The topological polar surface area (TPSA) is 23.6 Å². The molecule has 2 aliphatic heterocycles. The van der Waals surface area contributed by atoms with Crippen LogP contribution in [0, 0.1) is 0 Å². The molecule has 0 spiro atoms. The second kappa shape index (κ2) is 3.79. The van der Waals surface area contributed by atoms with Crippen molar-refractivity contribution in [3.63, 3.8) is 0 Å². The predicted molar refractivity (Wildman–Crippen MR) is 56.2 cm³/mol. The second-order valence-electron chi connectivity index (χ2n) is 4.65. The lowest BCUT2D eigenvalue weighted by atomic mass is 10.2. The lowest BCUT2D eigenvalue weighted by molar-refractivity contribution is 0.149. The molecule has 0 unspecified atom stereocenters. The van der Waals surface area contributed by atoms with Crippen LogP contribution in [-0.4, -0.2) is 41.0 Å². The summed E-state index contributed by atoms with van der Waals surface area (Å²) in [7, 11) is 0. The molecule has 0 aromatic carbocycles. The number of likely N-dealkylation sites (tertiary alicyclic amines) is 2. The smallest absolute Gasteiger partial charge is 0.320 e. The fraction of sp³-hybridized carbons (Fsp3) is 0.909. The van der Waals surface area contributed by atoms with E-state index in [2.05, 4.69) is 13.8 Å². The van der Waals surface area contributed by atoms with Crippen molar-refractivity contribution in [3.8, 4) is 0 Å². The minimum atomic E-state index is 0.278. The predicted octanol–water partition coefficient (Wildman–Crippen LogP) is 2.08. The average Bonchev–Trinajstić information content (AvgIpc) is 2.73. The van der Waals surface area contributed by atoms with Crippen molar-refractivity contribution in [2.24, 2.45) is 0 Å². The first-order valence-electron chi connectivity index (χ1n) is 5.77. The van der Waals surface area contributed by atoms with Crippen LogP contribution in [0.15, 0.2) is 0 Å². The van der Waals surface area contributed by atoms with Crippen molar-refractivity contribution < 1.29 is 4.79 Å². The summed E-state index contributed by atoms with van der Waals surface area (Å²) in [6.45, 7) is 6.24. The van der Waals surface area contributed by atoms with Crippen LogP contribution in [0.25, 0.3) is 0 Å². The van der Waals surface area contributed by atoms with E-state index in [-0.39, 0.29) is 6.03 Å². The maximum absolute atomic E-state index is 12.1. The summed E-state index contributed by atoms with van der Waals surface area (Å²) >= 11 is 0. The fourth-order valence-corrected chi connectivity index (χ4v) is 2.60. The largest absolute Gasteiger partial charge is 0.322 e. The molecular weight excluding hydrogens is 176 g/mol. The Hall–Kier alpha value is -0.730. The number of urea groups is 1. The summed E-state index contributed by atoms with van der Waals surface area (Å²) < 4.78 is 0. The number of carbonyl (C=O) groups excluding carboxylic acids is 1. The van der Waals surface area contributed by atoms with E-state index in [1.807, 2.05) is 9.80 Å². The summed E-state index contributed by atoms with van der Waals surface area (Å²) in [5.74, 6) is 0. The second-order valence-corrected chi connectivity index (χ2v) is 4.65. The van der Waals surface area contributed by atoms with Crippen molar-refractivity contribution in [1.82, 2.24) is 9.80 Å². The van der Waals surface area contributed by atoms with Gasteiger partial charge in [0, 0.05) is 25.2 Å². The molecule has 3 nitrogen and oxygen atoms in total. The van der Waals surface area contributed by atoms with Crippen LogP contribution in [0.1, 0.15) is 39.5 Å². The van der Waals surface area contributed by atoms with E-state index in [0.29, 0.717) is 12.1 Å². The highest BCUT2D eigenvalue weighted by molar-refractivity contribution is 5.75. The van der Waals surface area contributed by atoms with E-state index in [1.165, 1.54) is 25.7 Å². The van der Waals surface area contributed by atoms with Gasteiger partial charge >= 0.3 is 6.03 Å². The van der Waals surface area contributed by atoms with E-state index in [4.69, 9.17) is 0 Å². The van der Waals surface area contributed by atoms with Crippen LogP contribution in [-0.2, 0) is 0 Å². The van der Waals surface area contributed by atoms with Gasteiger partial charge in [0.25, 0.3) is 0 Å². The van der Waals surface area contributed by atoms with Gasteiger partial charge in [-0.2, -0.15) is 0 Å². The summed E-state index contributed by atoms with van der Waals surface area (Å²) in [4.78, 5) is 16.2. The molecule has 2 amide bonds. The van der Waals surface area contributed by atoms with Gasteiger partial charge in [-0.15, -0.1) is 0 Å². The van der Waals surface area contributed by atoms with Gasteiger partial charge in [-0.05, 0) is 39.5 Å². The highest BCUT2D eigenvalue weighted by atomic mass is 16.2. The van der Waals surface area contributed by atoms with Gasteiger partial charge in [-0.3, -0.25) is 0 Å². The normalized spacial score (nSPS) is 32.7. The lowest BCUT2D eigenvalue weighted by Gasteiger charge is -2.30. The van der Waals surface area contributed by atoms with Gasteiger partial charge in [-0.25, -0.2) is 4.79 Å². The molecule has 2 atom stereocenters. The van der Waals surface area contributed by atoms with Crippen molar-refractivity contribution in [3.05, 3.63) is 0 Å². The van der Waals surface area contributed by atoms with Crippen molar-refractivity contribution in [2.75, 3.05) is 13.1 Å². The zero-order valence-corrected chi connectivity index (χ0v) is 9.20. The molecule has 0 bridgehead atoms. The van der Waals surface area contributed by atoms with E-state index in [1.54, 1.807) is 0 Å². The van der Waals surface area contributed by atoms with Gasteiger partial charge < -0.3 is 9.80 Å². The molecule has 80 valence electrons. The van der Waals surface area contributed by atoms with Crippen LogP contribution in [0.2, 0.25) is 0 Å². The van der Waals surface area contributed by atoms with Gasteiger partial charge in [0.15, 0.2) is 0 Å². The highest BCUT2D eigenvalue weighted by Crippen LogP contribution is 2.23. The Kier molecular flexibility index (Phi) is 2.66. The van der Waals surface area contributed by atoms with Crippen LogP contribution < -0.4 is 0 Å². The third-order valence-corrected chi connectivity index (χ3v) is 3.60. The van der Waals surface area contributed by atoms with Crippen LogP contribution in [0.4, 0.5) is 4.79 Å². The Morgan fingerprint density at radius 3 is 1.71 bits per heavy atom. The molecule has 14 heavy (non-hydrogen) atoms. The van der Waals surface area contributed by atoms with E-state index in [9.17, 15) is 4.79 Å². The first-order valence-corrected chi connectivity index (χ1v) is 5.77. The SMILES string of the molecule is C[C@H]1CCCN1C(=O)N1CCC[C@@H]1C. The van der Waals surface area contributed by atoms with E-state index >= 15 is 0 Å². The molecular formula is C11H20N2O. The number of nitrogens with zero attached hydrogens (tertiary/aromatic N) is 2. The zero-order valence-electron chi connectivity index (χ0n) is 9.20. The third kappa shape index (κ3) is 1.60. The number of amides is 2. The van der Waals surface area contributed by atoms with E-state index in [0.717, 1.165) is 13.1 Å². The van der Waals surface area contributed by atoms with Gasteiger partial charge in [-0.1, -0.05) is 0 Å². The van der Waals surface area contributed by atoms with E-state index < -0.39 is 0 Å². The highest BCUT2D eigenvalue weighted by Gasteiger charge is 2.32. The molecule has 3 heteroatoms. The fourth-order valence-electron chi connectivity index (χ4n) is 2.60. The van der Waals surface area contributed by atoms with Gasteiger partial charge in [0.2, 0.25) is 0 Å². The maximum atomic E-state index is 12.1. The van der Waals surface area contributed by atoms with Crippen molar-refractivity contribution >= 4 is 6.03 Å². The monoisotopic (exact) mass is 196 g/mol. The minimum absolute atomic E-state index is 0.278. The zero-order chi connectivity index (χ0) is 10.1. The first-order chi connectivity index (χ1) is 6.70. The Balaban J connectivity index is 2.00. The number of carbonyl (C=O) groups is 1. The molecule has 0 radical (unpaired) electrons. The summed E-state index contributed by atoms with van der Waals surface area (Å²) in [5.41, 5.74) is 0. The lowest BCUT2D eigenvalue weighted by Crippen LogP contribution is -2.45. The molecule has 0 aliphatic carbocycles. The van der Waals surface area contributed by atoms with Crippen LogP contribution in [0.5, 0.6) is 0 Å². The Morgan fingerprint density at radius 1 is 1.00 bits per heavy atom. The summed E-state index contributed by atoms with van der Waals surface area (Å²) in [6, 6.07) is 1.19. The molecule has 0 aromatic heterocycles. The molecule has 2 heterocycles. The average molecular weight is 196 g/mol. The first kappa shape index (κ1) is 9.81. The maximum Gasteiger partial charge on any atom is 0.320 e.